The molecular formula is C10H6N2NaO4S+. The van der Waals surface area contributed by atoms with Crippen LogP contribution in [0.2, 0.25) is 0 Å². The van der Waals surface area contributed by atoms with Crippen LogP contribution in [0, 0.1) is 0 Å². The first-order valence-corrected chi connectivity index (χ1v) is 6.13. The van der Waals surface area contributed by atoms with Crippen LogP contribution in [0.15, 0.2) is 39.9 Å². The predicted molar refractivity (Wildman–Crippen MR) is 59.1 cm³/mol. The van der Waals surface area contributed by atoms with E-state index in [0.29, 0.717) is 16.3 Å². The predicted octanol–water partition coefficient (Wildman–Crippen LogP) is -1.37. The molecule has 3 aromatic rings. The molecular weight excluding hydrogens is 267 g/mol. The first kappa shape index (κ1) is 13.4. The summed E-state index contributed by atoms with van der Waals surface area (Å²) < 4.78 is 36.3. The molecule has 8 heteroatoms. The molecule has 1 N–H and O–H groups in total. The van der Waals surface area contributed by atoms with Gasteiger partial charge in [-0.1, -0.05) is 24.3 Å². The van der Waals surface area contributed by atoms with Crippen LogP contribution in [-0.2, 0) is 10.1 Å². The Kier molecular flexibility index (Phi) is 3.43. The molecule has 18 heavy (non-hydrogen) atoms. The summed E-state index contributed by atoms with van der Waals surface area (Å²) in [4.78, 5) is -0.198. The normalized spacial score (nSPS) is 11.6. The van der Waals surface area contributed by atoms with Crippen molar-refractivity contribution in [1.82, 2.24) is 10.3 Å². The second-order valence-electron chi connectivity index (χ2n) is 3.53. The van der Waals surface area contributed by atoms with Crippen molar-refractivity contribution in [3.63, 3.8) is 0 Å². The molecule has 0 saturated carbocycles. The van der Waals surface area contributed by atoms with Crippen molar-refractivity contribution in [3.05, 3.63) is 30.3 Å². The van der Waals surface area contributed by atoms with Gasteiger partial charge in [0.2, 0.25) is 0 Å². The Balaban J connectivity index is 0.00000120. The summed E-state index contributed by atoms with van der Waals surface area (Å²) in [6.07, 6.45) is 0. The van der Waals surface area contributed by atoms with E-state index in [1.54, 1.807) is 24.3 Å². The number of fused-ring (bicyclic) bond motifs is 3. The van der Waals surface area contributed by atoms with Crippen molar-refractivity contribution < 1.29 is 47.2 Å². The average molecular weight is 273 g/mol. The van der Waals surface area contributed by atoms with Gasteiger partial charge in [0.05, 0.1) is 0 Å². The molecule has 0 amide bonds. The van der Waals surface area contributed by atoms with Crippen LogP contribution in [0.3, 0.4) is 0 Å². The number of nitrogens with zero attached hydrogens (tertiary/aromatic N) is 2. The third-order valence-corrected chi connectivity index (χ3v) is 3.40. The van der Waals surface area contributed by atoms with Crippen LogP contribution in [0.1, 0.15) is 0 Å². The van der Waals surface area contributed by atoms with E-state index in [1.165, 1.54) is 6.07 Å². The molecule has 0 aliphatic rings. The van der Waals surface area contributed by atoms with Gasteiger partial charge in [0.25, 0.3) is 10.1 Å². The van der Waals surface area contributed by atoms with Gasteiger partial charge in [-0.15, -0.1) is 0 Å². The van der Waals surface area contributed by atoms with Gasteiger partial charge in [0.1, 0.15) is 15.9 Å². The fraction of sp³-hybridized carbons (Fsp3) is 0. The van der Waals surface area contributed by atoms with Gasteiger partial charge in [-0.3, -0.25) is 4.55 Å². The summed E-state index contributed by atoms with van der Waals surface area (Å²) in [5.74, 6) is 0. The third-order valence-electron chi connectivity index (χ3n) is 2.51. The zero-order valence-corrected chi connectivity index (χ0v) is 12.2. The Morgan fingerprint density at radius 2 is 1.78 bits per heavy atom. The molecule has 0 bridgehead atoms. The fourth-order valence-corrected chi connectivity index (χ4v) is 2.51. The SMILES string of the molecule is O=S(=O)(O)c1cc2nonc2c2ccccc12.[Na+]. The average Bonchev–Trinajstić information content (AvgIpc) is 2.74. The Morgan fingerprint density at radius 3 is 2.44 bits per heavy atom. The Labute approximate surface area is 124 Å². The smallest absolute Gasteiger partial charge is 0.282 e. The standard InChI is InChI=1S/C10H6N2O4S.Na/c13-17(14,15)9-5-8-10(12-16-11-8)7-4-2-1-3-6(7)9;/h1-5H,(H,13,14,15);/q;+1. The van der Waals surface area contributed by atoms with Crippen LogP contribution in [0.5, 0.6) is 0 Å². The maximum atomic E-state index is 11.3. The summed E-state index contributed by atoms with van der Waals surface area (Å²) in [6.45, 7) is 0. The molecule has 0 aliphatic carbocycles. The zero-order valence-electron chi connectivity index (χ0n) is 9.36. The molecule has 1 heterocycles. The Bertz CT molecular complexity index is 828. The maximum Gasteiger partial charge on any atom is 1.00 e. The monoisotopic (exact) mass is 273 g/mol. The van der Waals surface area contributed by atoms with Gasteiger partial charge in [0, 0.05) is 10.8 Å². The van der Waals surface area contributed by atoms with Gasteiger partial charge < -0.3 is 0 Å². The minimum Gasteiger partial charge on any atom is -0.282 e. The van der Waals surface area contributed by atoms with Crippen molar-refractivity contribution in [2.75, 3.05) is 0 Å². The molecule has 2 aromatic carbocycles. The van der Waals surface area contributed by atoms with E-state index in [-0.39, 0.29) is 40.0 Å². The molecule has 3 rings (SSSR count). The van der Waals surface area contributed by atoms with Gasteiger partial charge in [0.15, 0.2) is 0 Å². The van der Waals surface area contributed by atoms with Gasteiger partial charge >= 0.3 is 29.6 Å². The van der Waals surface area contributed by atoms with Crippen LogP contribution < -0.4 is 29.6 Å². The van der Waals surface area contributed by atoms with Gasteiger partial charge in [-0.2, -0.15) is 8.42 Å². The largest absolute Gasteiger partial charge is 1.00 e. The first-order chi connectivity index (χ1) is 8.07. The molecule has 1 aromatic heterocycles. The summed E-state index contributed by atoms with van der Waals surface area (Å²) in [6, 6.07) is 7.94. The second-order valence-corrected chi connectivity index (χ2v) is 4.92. The third kappa shape index (κ3) is 2.04. The van der Waals surface area contributed by atoms with Crippen molar-refractivity contribution >= 4 is 31.9 Å². The van der Waals surface area contributed by atoms with E-state index < -0.39 is 10.1 Å². The molecule has 6 nitrogen and oxygen atoms in total. The molecule has 0 radical (unpaired) electrons. The van der Waals surface area contributed by atoms with E-state index in [4.69, 9.17) is 0 Å². The molecule has 0 atom stereocenters. The van der Waals surface area contributed by atoms with Crippen LogP contribution in [0.4, 0.5) is 0 Å². The number of hydrogen-bond donors (Lipinski definition) is 1. The molecule has 0 aliphatic heterocycles. The zero-order chi connectivity index (χ0) is 12.0. The first-order valence-electron chi connectivity index (χ1n) is 4.69. The summed E-state index contributed by atoms with van der Waals surface area (Å²) in [5.41, 5.74) is 0.754. The molecule has 0 unspecified atom stereocenters. The van der Waals surface area contributed by atoms with Crippen molar-refractivity contribution in [2.45, 2.75) is 4.90 Å². The number of aromatic nitrogens is 2. The fourth-order valence-electron chi connectivity index (χ4n) is 1.80. The van der Waals surface area contributed by atoms with E-state index in [1.807, 2.05) is 0 Å². The van der Waals surface area contributed by atoms with E-state index in [0.717, 1.165) is 0 Å². The molecule has 86 valence electrons. The minimum atomic E-state index is -4.31. The molecule has 0 saturated heterocycles. The summed E-state index contributed by atoms with van der Waals surface area (Å²) in [5, 5.41) is 8.24. The molecule has 0 spiro atoms. The van der Waals surface area contributed by atoms with Gasteiger partial charge in [-0.05, 0) is 16.4 Å². The summed E-state index contributed by atoms with van der Waals surface area (Å²) in [7, 11) is -4.31. The second kappa shape index (κ2) is 4.60. The van der Waals surface area contributed by atoms with Gasteiger partial charge in [-0.25, -0.2) is 4.63 Å². The topological polar surface area (TPSA) is 93.3 Å². The number of rotatable bonds is 1. The van der Waals surface area contributed by atoms with E-state index in [2.05, 4.69) is 14.9 Å². The van der Waals surface area contributed by atoms with Crippen LogP contribution >= 0.6 is 0 Å². The summed E-state index contributed by atoms with van der Waals surface area (Å²) >= 11 is 0. The van der Waals surface area contributed by atoms with E-state index >= 15 is 0 Å². The van der Waals surface area contributed by atoms with Crippen molar-refractivity contribution in [3.8, 4) is 0 Å². The Morgan fingerprint density at radius 1 is 1.11 bits per heavy atom. The number of benzene rings is 2. The number of hydrogen-bond acceptors (Lipinski definition) is 5. The van der Waals surface area contributed by atoms with E-state index in [9.17, 15) is 13.0 Å². The van der Waals surface area contributed by atoms with Crippen molar-refractivity contribution in [1.29, 1.82) is 0 Å². The molecule has 0 fully saturated rings. The minimum absolute atomic E-state index is 0. The maximum absolute atomic E-state index is 11.3. The van der Waals surface area contributed by atoms with Crippen LogP contribution in [-0.4, -0.2) is 23.3 Å². The quantitative estimate of drug-likeness (QED) is 0.434. The van der Waals surface area contributed by atoms with Crippen LogP contribution in [0.25, 0.3) is 21.8 Å². The van der Waals surface area contributed by atoms with Crippen molar-refractivity contribution in [2.24, 2.45) is 0 Å². The Hall–Kier alpha value is -0.990.